The maximum Gasteiger partial charge on any atom is 0.294 e. The predicted molar refractivity (Wildman–Crippen MR) is 115 cm³/mol. The Labute approximate surface area is 187 Å². The molecule has 4 aromatic rings. The van der Waals surface area contributed by atoms with E-state index in [1.807, 2.05) is 18.2 Å². The highest BCUT2D eigenvalue weighted by molar-refractivity contribution is 9.10. The Balaban J connectivity index is 1.70. The number of anilines is 1. The van der Waals surface area contributed by atoms with Crippen LogP contribution in [0.4, 0.5) is 11.5 Å². The second-order valence-electron chi connectivity index (χ2n) is 6.23. The molecule has 0 saturated heterocycles. The highest BCUT2D eigenvalue weighted by Crippen LogP contribution is 2.28. The van der Waals surface area contributed by atoms with Crippen molar-refractivity contribution in [3.63, 3.8) is 0 Å². The number of amides is 1. The minimum atomic E-state index is -0.675. The number of nitrogens with one attached hydrogen (secondary N) is 1. The standard InChI is InChI=1S/C18H12BrN9O4/c19-12-3-1-2-10(8-12)9-21-23-18(29)14-15(11-4-6-13(7-5-11)28(30)31)27(26-22-14)17-16(20)24-32-25-17/h1-9H,(H2,20,24)(H,23,29)/b21-9+. The average Bonchev–Trinajstić information content (AvgIpc) is 3.39. The molecule has 2 heterocycles. The van der Waals surface area contributed by atoms with Crippen molar-refractivity contribution in [1.29, 1.82) is 0 Å². The van der Waals surface area contributed by atoms with Gasteiger partial charge >= 0.3 is 0 Å². The van der Waals surface area contributed by atoms with Crippen molar-refractivity contribution in [3.8, 4) is 17.1 Å². The SMILES string of the molecule is Nc1nonc1-n1nnc(C(=O)N/N=C/c2cccc(Br)c2)c1-c1ccc([N+](=O)[O-])cc1. The first-order valence-corrected chi connectivity index (χ1v) is 9.61. The predicted octanol–water partition coefficient (Wildman–Crippen LogP) is 2.33. The summed E-state index contributed by atoms with van der Waals surface area (Å²) in [5, 5.41) is 29.9. The molecule has 0 unspecified atom stereocenters. The highest BCUT2D eigenvalue weighted by Gasteiger charge is 2.25. The smallest absolute Gasteiger partial charge is 0.294 e. The van der Waals surface area contributed by atoms with Gasteiger partial charge in [0.2, 0.25) is 11.6 Å². The minimum absolute atomic E-state index is 0.00235. The van der Waals surface area contributed by atoms with E-state index in [0.717, 1.165) is 14.7 Å². The Hall–Kier alpha value is -4.46. The van der Waals surface area contributed by atoms with E-state index in [1.54, 1.807) is 6.07 Å². The van der Waals surface area contributed by atoms with E-state index < -0.39 is 10.8 Å². The number of carbonyl (C=O) groups excluding carboxylic acids is 1. The van der Waals surface area contributed by atoms with E-state index in [4.69, 9.17) is 5.73 Å². The van der Waals surface area contributed by atoms with Crippen LogP contribution in [-0.2, 0) is 0 Å². The molecule has 13 nitrogen and oxygen atoms in total. The van der Waals surface area contributed by atoms with E-state index in [0.29, 0.717) is 5.56 Å². The molecule has 0 aliphatic heterocycles. The number of carbonyl (C=O) groups is 1. The summed E-state index contributed by atoms with van der Waals surface area (Å²) in [5.41, 5.74) is 9.20. The van der Waals surface area contributed by atoms with Crippen molar-refractivity contribution in [2.75, 3.05) is 5.73 Å². The van der Waals surface area contributed by atoms with Crippen LogP contribution < -0.4 is 11.2 Å². The molecule has 32 heavy (non-hydrogen) atoms. The first-order chi connectivity index (χ1) is 15.4. The van der Waals surface area contributed by atoms with E-state index in [-0.39, 0.29) is 28.7 Å². The van der Waals surface area contributed by atoms with Crippen LogP contribution in [0.25, 0.3) is 17.1 Å². The molecule has 0 spiro atoms. The zero-order chi connectivity index (χ0) is 22.7. The molecule has 0 radical (unpaired) electrons. The van der Waals surface area contributed by atoms with Crippen molar-refractivity contribution in [3.05, 3.63) is 74.4 Å². The molecule has 14 heteroatoms. The number of hydrogen-bond acceptors (Lipinski definition) is 10. The third-order valence-electron chi connectivity index (χ3n) is 4.16. The fourth-order valence-electron chi connectivity index (χ4n) is 2.73. The van der Waals surface area contributed by atoms with Crippen LogP contribution in [0.3, 0.4) is 0 Å². The quantitative estimate of drug-likeness (QED) is 0.229. The number of benzene rings is 2. The number of non-ortho nitro benzene ring substituents is 1. The van der Waals surface area contributed by atoms with Gasteiger partial charge in [0.1, 0.15) is 5.69 Å². The van der Waals surface area contributed by atoms with Crippen LogP contribution in [0.2, 0.25) is 0 Å². The van der Waals surface area contributed by atoms with Crippen molar-refractivity contribution in [1.82, 2.24) is 30.7 Å². The van der Waals surface area contributed by atoms with E-state index in [9.17, 15) is 14.9 Å². The summed E-state index contributed by atoms with van der Waals surface area (Å²) in [6, 6.07) is 12.7. The molecule has 0 bridgehead atoms. The molecule has 160 valence electrons. The third kappa shape index (κ3) is 4.20. The van der Waals surface area contributed by atoms with Crippen molar-refractivity contribution >= 4 is 39.6 Å². The molecule has 0 saturated carbocycles. The van der Waals surface area contributed by atoms with Gasteiger partial charge in [-0.15, -0.1) is 5.10 Å². The van der Waals surface area contributed by atoms with E-state index >= 15 is 0 Å². The summed E-state index contributed by atoms with van der Waals surface area (Å²) < 4.78 is 6.61. The highest BCUT2D eigenvalue weighted by atomic mass is 79.9. The van der Waals surface area contributed by atoms with Gasteiger partial charge in [-0.05, 0) is 40.1 Å². The van der Waals surface area contributed by atoms with Gasteiger partial charge in [0.25, 0.3) is 11.6 Å². The summed E-state index contributed by atoms with van der Waals surface area (Å²) in [6.07, 6.45) is 1.46. The number of rotatable bonds is 6. The zero-order valence-electron chi connectivity index (χ0n) is 15.9. The monoisotopic (exact) mass is 497 g/mol. The Morgan fingerprint density at radius 1 is 1.25 bits per heavy atom. The molecular weight excluding hydrogens is 486 g/mol. The number of nitro benzene ring substituents is 1. The van der Waals surface area contributed by atoms with Gasteiger partial charge in [-0.2, -0.15) is 9.78 Å². The van der Waals surface area contributed by atoms with Crippen LogP contribution in [0, 0.1) is 10.1 Å². The Bertz CT molecular complexity index is 1330. The summed E-state index contributed by atoms with van der Waals surface area (Å²) >= 11 is 3.36. The van der Waals surface area contributed by atoms with E-state index in [1.165, 1.54) is 30.5 Å². The van der Waals surface area contributed by atoms with Crippen LogP contribution in [-0.4, -0.2) is 42.4 Å². The number of halogens is 1. The number of nitro groups is 1. The summed E-state index contributed by atoms with van der Waals surface area (Å²) in [6.45, 7) is 0. The van der Waals surface area contributed by atoms with Crippen molar-refractivity contribution < 1.29 is 14.3 Å². The lowest BCUT2D eigenvalue weighted by Crippen LogP contribution is -2.19. The molecule has 3 N–H and O–H groups in total. The maximum atomic E-state index is 12.8. The van der Waals surface area contributed by atoms with Gasteiger partial charge in [-0.1, -0.05) is 33.3 Å². The van der Waals surface area contributed by atoms with Crippen molar-refractivity contribution in [2.45, 2.75) is 0 Å². The van der Waals surface area contributed by atoms with Crippen LogP contribution in [0.15, 0.2) is 62.7 Å². The number of nitrogen functional groups attached to an aromatic ring is 1. The van der Waals surface area contributed by atoms with Gasteiger partial charge < -0.3 is 5.73 Å². The number of hydrazone groups is 1. The molecule has 0 fully saturated rings. The molecule has 2 aromatic heterocycles. The molecular formula is C18H12BrN9O4. The Kier molecular flexibility index (Phi) is 5.67. The number of nitrogens with two attached hydrogens (primary N) is 1. The van der Waals surface area contributed by atoms with Crippen LogP contribution in [0.5, 0.6) is 0 Å². The maximum absolute atomic E-state index is 12.8. The normalized spacial score (nSPS) is 11.0. The first-order valence-electron chi connectivity index (χ1n) is 8.82. The van der Waals surface area contributed by atoms with Gasteiger partial charge in [0.05, 0.1) is 11.1 Å². The van der Waals surface area contributed by atoms with Crippen LogP contribution >= 0.6 is 15.9 Å². The van der Waals surface area contributed by atoms with E-state index in [2.05, 4.69) is 51.7 Å². The number of aromatic nitrogens is 5. The van der Waals surface area contributed by atoms with Gasteiger partial charge in [-0.3, -0.25) is 14.9 Å². The topological polar surface area (TPSA) is 180 Å². The molecule has 4 rings (SSSR count). The van der Waals surface area contributed by atoms with Gasteiger partial charge in [0.15, 0.2) is 5.69 Å². The first kappa shape index (κ1) is 20.8. The molecule has 1 amide bonds. The molecule has 0 atom stereocenters. The number of nitrogens with zero attached hydrogens (tertiary/aromatic N) is 7. The second-order valence-corrected chi connectivity index (χ2v) is 7.15. The molecule has 0 aliphatic rings. The lowest BCUT2D eigenvalue weighted by molar-refractivity contribution is -0.384. The van der Waals surface area contributed by atoms with Crippen LogP contribution in [0.1, 0.15) is 16.1 Å². The third-order valence-corrected chi connectivity index (χ3v) is 4.65. The molecule has 2 aromatic carbocycles. The Morgan fingerprint density at radius 3 is 2.69 bits per heavy atom. The summed E-state index contributed by atoms with van der Waals surface area (Å²) in [5.74, 6) is -0.758. The minimum Gasteiger partial charge on any atom is -0.378 e. The summed E-state index contributed by atoms with van der Waals surface area (Å²) in [7, 11) is 0. The summed E-state index contributed by atoms with van der Waals surface area (Å²) in [4.78, 5) is 23.2. The van der Waals surface area contributed by atoms with Gasteiger partial charge in [0, 0.05) is 22.2 Å². The Morgan fingerprint density at radius 2 is 2.03 bits per heavy atom. The molecule has 0 aliphatic carbocycles. The fraction of sp³-hybridized carbons (Fsp3) is 0. The van der Waals surface area contributed by atoms with Gasteiger partial charge in [-0.25, -0.2) is 10.1 Å². The largest absolute Gasteiger partial charge is 0.378 e. The number of hydrogen-bond donors (Lipinski definition) is 2. The average molecular weight is 498 g/mol. The zero-order valence-corrected chi connectivity index (χ0v) is 17.5. The lowest BCUT2D eigenvalue weighted by Gasteiger charge is -2.05. The van der Waals surface area contributed by atoms with Crippen molar-refractivity contribution in [2.24, 2.45) is 5.10 Å². The fourth-order valence-corrected chi connectivity index (χ4v) is 3.14. The lowest BCUT2D eigenvalue weighted by atomic mass is 10.1. The second kappa shape index (κ2) is 8.73.